The van der Waals surface area contributed by atoms with Crippen LogP contribution < -0.4 is 4.90 Å². The van der Waals surface area contributed by atoms with Gasteiger partial charge in [0.1, 0.15) is 0 Å². The maximum absolute atomic E-state index is 6.29. The van der Waals surface area contributed by atoms with Gasteiger partial charge in [-0.3, -0.25) is 4.90 Å². The van der Waals surface area contributed by atoms with Gasteiger partial charge in [0.25, 0.3) is 0 Å². The van der Waals surface area contributed by atoms with E-state index < -0.39 is 0 Å². The van der Waals surface area contributed by atoms with Crippen LogP contribution in [0.1, 0.15) is 23.2 Å². The number of benzene rings is 1. The first-order valence-electron chi connectivity index (χ1n) is 8.46. The maximum Gasteiger partial charge on any atom is 0.151 e. The monoisotopic (exact) mass is 362 g/mol. The van der Waals surface area contributed by atoms with Gasteiger partial charge in [-0.1, -0.05) is 29.3 Å². The summed E-state index contributed by atoms with van der Waals surface area (Å²) in [5.74, 6) is 1.03. The van der Waals surface area contributed by atoms with Gasteiger partial charge in [0.05, 0.1) is 5.69 Å². The zero-order valence-electron chi connectivity index (χ0n) is 13.5. The Balaban J connectivity index is 1.38. The van der Waals surface area contributed by atoms with Crippen LogP contribution in [0.5, 0.6) is 0 Å². The van der Waals surface area contributed by atoms with Crippen LogP contribution in [-0.4, -0.2) is 41.3 Å². The van der Waals surface area contributed by atoms with Crippen LogP contribution in [0.25, 0.3) is 0 Å². The SMILES string of the molecule is Clc1ccc(CN2CCN(c3cc4c(nn3)CCC4)CC2)c(Cl)c1. The fourth-order valence-electron chi connectivity index (χ4n) is 3.50. The Morgan fingerprint density at radius 2 is 1.79 bits per heavy atom. The Morgan fingerprint density at radius 1 is 0.958 bits per heavy atom. The lowest BCUT2D eigenvalue weighted by Gasteiger charge is -2.35. The molecule has 6 heteroatoms. The molecule has 4 nitrogen and oxygen atoms in total. The van der Waals surface area contributed by atoms with Crippen molar-refractivity contribution in [2.45, 2.75) is 25.8 Å². The lowest BCUT2D eigenvalue weighted by molar-refractivity contribution is 0.249. The van der Waals surface area contributed by atoms with E-state index in [1.807, 2.05) is 18.2 Å². The van der Waals surface area contributed by atoms with E-state index in [2.05, 4.69) is 26.1 Å². The van der Waals surface area contributed by atoms with Crippen LogP contribution in [0.4, 0.5) is 5.82 Å². The molecule has 1 aliphatic carbocycles. The average molecular weight is 363 g/mol. The molecular weight excluding hydrogens is 343 g/mol. The topological polar surface area (TPSA) is 32.3 Å². The first-order valence-corrected chi connectivity index (χ1v) is 9.21. The molecule has 0 unspecified atom stereocenters. The Hall–Kier alpha value is -1.36. The third-order valence-electron chi connectivity index (χ3n) is 4.91. The summed E-state index contributed by atoms with van der Waals surface area (Å²) in [5.41, 5.74) is 3.71. The van der Waals surface area contributed by atoms with Crippen LogP contribution in [0.2, 0.25) is 10.0 Å². The van der Waals surface area contributed by atoms with E-state index in [1.165, 1.54) is 17.7 Å². The van der Waals surface area contributed by atoms with E-state index in [-0.39, 0.29) is 0 Å². The molecule has 0 radical (unpaired) electrons. The van der Waals surface area contributed by atoms with Crippen molar-refractivity contribution in [1.29, 1.82) is 0 Å². The van der Waals surface area contributed by atoms with Gasteiger partial charge in [0, 0.05) is 42.8 Å². The first-order chi connectivity index (χ1) is 11.7. The minimum Gasteiger partial charge on any atom is -0.353 e. The van der Waals surface area contributed by atoms with Gasteiger partial charge in [0.2, 0.25) is 0 Å². The van der Waals surface area contributed by atoms with Gasteiger partial charge >= 0.3 is 0 Å². The number of aromatic nitrogens is 2. The summed E-state index contributed by atoms with van der Waals surface area (Å²) in [7, 11) is 0. The van der Waals surface area contributed by atoms with Crippen molar-refractivity contribution in [2.24, 2.45) is 0 Å². The zero-order chi connectivity index (χ0) is 16.5. The molecule has 2 heterocycles. The number of anilines is 1. The molecule has 1 aromatic heterocycles. The highest BCUT2D eigenvalue weighted by Gasteiger charge is 2.21. The first kappa shape index (κ1) is 16.1. The Morgan fingerprint density at radius 3 is 2.58 bits per heavy atom. The maximum atomic E-state index is 6.29. The number of aryl methyl sites for hydroxylation is 2. The molecule has 2 aromatic rings. The summed E-state index contributed by atoms with van der Waals surface area (Å²) in [6, 6.07) is 7.97. The number of piperazine rings is 1. The molecule has 0 amide bonds. The molecule has 1 aliphatic heterocycles. The number of rotatable bonds is 3. The third-order valence-corrected chi connectivity index (χ3v) is 5.50. The van der Waals surface area contributed by atoms with E-state index in [0.29, 0.717) is 5.02 Å². The minimum absolute atomic E-state index is 0.684. The Bertz CT molecular complexity index is 742. The number of fused-ring (bicyclic) bond motifs is 1. The molecule has 0 N–H and O–H groups in total. The van der Waals surface area contributed by atoms with Crippen LogP contribution in [0, 0.1) is 0 Å². The number of hydrogen-bond donors (Lipinski definition) is 0. The number of nitrogens with zero attached hydrogens (tertiary/aromatic N) is 4. The number of halogens is 2. The van der Waals surface area contributed by atoms with Crippen LogP contribution in [-0.2, 0) is 19.4 Å². The molecule has 0 saturated carbocycles. The fraction of sp³-hybridized carbons (Fsp3) is 0.444. The highest BCUT2D eigenvalue weighted by molar-refractivity contribution is 6.35. The average Bonchev–Trinajstić information content (AvgIpc) is 3.06. The quantitative estimate of drug-likeness (QED) is 0.834. The van der Waals surface area contributed by atoms with Crippen molar-refractivity contribution in [3.05, 3.63) is 51.1 Å². The van der Waals surface area contributed by atoms with Crippen molar-refractivity contribution in [1.82, 2.24) is 15.1 Å². The highest BCUT2D eigenvalue weighted by Crippen LogP contribution is 2.25. The van der Waals surface area contributed by atoms with Gasteiger partial charge in [-0.05, 0) is 48.6 Å². The van der Waals surface area contributed by atoms with Crippen molar-refractivity contribution >= 4 is 29.0 Å². The van der Waals surface area contributed by atoms with Crippen molar-refractivity contribution in [3.8, 4) is 0 Å². The summed E-state index contributed by atoms with van der Waals surface area (Å²) in [4.78, 5) is 4.76. The summed E-state index contributed by atoms with van der Waals surface area (Å²) in [6.07, 6.45) is 3.44. The van der Waals surface area contributed by atoms with Crippen LogP contribution in [0.3, 0.4) is 0 Å². The zero-order valence-corrected chi connectivity index (χ0v) is 15.0. The predicted octanol–water partition coefficient (Wildman–Crippen LogP) is 3.59. The second-order valence-electron chi connectivity index (χ2n) is 6.53. The molecule has 1 saturated heterocycles. The summed E-state index contributed by atoms with van der Waals surface area (Å²) < 4.78 is 0. The molecule has 0 bridgehead atoms. The van der Waals surface area contributed by atoms with Gasteiger partial charge < -0.3 is 4.90 Å². The standard InChI is InChI=1S/C18H20Cl2N4/c19-15-5-4-14(16(20)11-15)12-23-6-8-24(9-7-23)18-10-13-2-1-3-17(13)21-22-18/h4-5,10-11H,1-3,6-9,12H2. The molecule has 2 aliphatic rings. The van der Waals surface area contributed by atoms with Crippen LogP contribution in [0.15, 0.2) is 24.3 Å². The predicted molar refractivity (Wildman–Crippen MR) is 98.0 cm³/mol. The summed E-state index contributed by atoms with van der Waals surface area (Å²) in [5, 5.41) is 10.3. The second-order valence-corrected chi connectivity index (χ2v) is 7.37. The van der Waals surface area contributed by atoms with E-state index >= 15 is 0 Å². The molecule has 126 valence electrons. The summed E-state index contributed by atoms with van der Waals surface area (Å²) >= 11 is 12.3. The molecule has 4 rings (SSSR count). The lowest BCUT2D eigenvalue weighted by Crippen LogP contribution is -2.46. The molecule has 24 heavy (non-hydrogen) atoms. The van der Waals surface area contributed by atoms with Crippen molar-refractivity contribution in [2.75, 3.05) is 31.1 Å². The minimum atomic E-state index is 0.684. The van der Waals surface area contributed by atoms with E-state index in [9.17, 15) is 0 Å². The van der Waals surface area contributed by atoms with Crippen LogP contribution >= 0.6 is 23.2 Å². The smallest absolute Gasteiger partial charge is 0.151 e. The third kappa shape index (κ3) is 3.37. The van der Waals surface area contributed by atoms with Gasteiger partial charge in [-0.15, -0.1) is 5.10 Å². The molecule has 0 spiro atoms. The van der Waals surface area contributed by atoms with Crippen molar-refractivity contribution < 1.29 is 0 Å². The Kier molecular flexibility index (Phi) is 4.61. The van der Waals surface area contributed by atoms with Crippen molar-refractivity contribution in [3.63, 3.8) is 0 Å². The molecule has 1 fully saturated rings. The second kappa shape index (κ2) is 6.87. The largest absolute Gasteiger partial charge is 0.353 e. The Labute approximate surface area is 152 Å². The molecule has 1 aromatic carbocycles. The van der Waals surface area contributed by atoms with Gasteiger partial charge in [-0.2, -0.15) is 5.10 Å². The fourth-order valence-corrected chi connectivity index (χ4v) is 3.97. The van der Waals surface area contributed by atoms with E-state index in [4.69, 9.17) is 23.2 Å². The number of hydrogen-bond acceptors (Lipinski definition) is 4. The lowest BCUT2D eigenvalue weighted by atomic mass is 10.2. The highest BCUT2D eigenvalue weighted by atomic mass is 35.5. The summed E-state index contributed by atoms with van der Waals surface area (Å²) in [6.45, 7) is 4.80. The molecule has 0 atom stereocenters. The van der Waals surface area contributed by atoms with Gasteiger partial charge in [0.15, 0.2) is 5.82 Å². The normalized spacial score (nSPS) is 18.0. The van der Waals surface area contributed by atoms with E-state index in [0.717, 1.165) is 62.0 Å². The molecular formula is C18H20Cl2N4. The van der Waals surface area contributed by atoms with Gasteiger partial charge in [-0.25, -0.2) is 0 Å². The van der Waals surface area contributed by atoms with E-state index in [1.54, 1.807) is 0 Å².